The summed E-state index contributed by atoms with van der Waals surface area (Å²) in [6.45, 7) is 3.11. The smallest absolute Gasteiger partial charge is 0.359 e. The highest BCUT2D eigenvalue weighted by atomic mass is 32.2. The maximum Gasteiger partial charge on any atom is 0.408 e. The molecule has 0 aliphatic carbocycles. The SMILES string of the molecule is Cc1cc(N[C@@H](C)C(F)(F)F)ncc1-c1sc(C(=O)NC2CS(=O)(=O)C2)nc1C(=O)N1CC(F)(F)C[C@@H]1C. The zero-order chi connectivity index (χ0) is 28.2. The van der Waals surface area contributed by atoms with E-state index in [2.05, 4.69) is 20.6 Å². The average molecular weight is 582 g/mol. The van der Waals surface area contributed by atoms with E-state index in [1.54, 1.807) is 6.92 Å². The highest BCUT2D eigenvalue weighted by Gasteiger charge is 2.46. The number of pyridine rings is 1. The van der Waals surface area contributed by atoms with Crippen LogP contribution in [0.5, 0.6) is 0 Å². The Balaban J connectivity index is 1.68. The summed E-state index contributed by atoms with van der Waals surface area (Å²) in [5, 5.41) is 4.57. The van der Waals surface area contributed by atoms with Gasteiger partial charge >= 0.3 is 6.18 Å². The first-order chi connectivity index (χ1) is 17.5. The van der Waals surface area contributed by atoms with Gasteiger partial charge in [-0.05, 0) is 32.4 Å². The number of rotatable bonds is 6. The zero-order valence-electron chi connectivity index (χ0n) is 20.4. The molecular weight excluding hydrogens is 557 g/mol. The number of alkyl halides is 5. The Bertz CT molecular complexity index is 1370. The molecule has 2 N–H and O–H groups in total. The maximum absolute atomic E-state index is 14.0. The number of anilines is 1. The van der Waals surface area contributed by atoms with Gasteiger partial charge in [0.05, 0.1) is 29.0 Å². The van der Waals surface area contributed by atoms with Gasteiger partial charge in [0.2, 0.25) is 0 Å². The van der Waals surface area contributed by atoms with Crippen LogP contribution in [0.1, 0.15) is 46.1 Å². The van der Waals surface area contributed by atoms with Crippen molar-refractivity contribution in [2.45, 2.75) is 57.4 Å². The Morgan fingerprint density at radius 3 is 2.45 bits per heavy atom. The van der Waals surface area contributed by atoms with Crippen LogP contribution >= 0.6 is 11.3 Å². The van der Waals surface area contributed by atoms with Gasteiger partial charge in [0.1, 0.15) is 17.6 Å². The Morgan fingerprint density at radius 1 is 1.26 bits per heavy atom. The van der Waals surface area contributed by atoms with E-state index < -0.39 is 64.8 Å². The first-order valence-corrected chi connectivity index (χ1v) is 14.1. The molecule has 2 amide bonds. The summed E-state index contributed by atoms with van der Waals surface area (Å²) < 4.78 is 89.6. The maximum atomic E-state index is 14.0. The van der Waals surface area contributed by atoms with Crippen LogP contribution < -0.4 is 10.6 Å². The third-order valence-electron chi connectivity index (χ3n) is 6.27. The highest BCUT2D eigenvalue weighted by Crippen LogP contribution is 2.38. The van der Waals surface area contributed by atoms with Crippen molar-refractivity contribution < 1.29 is 40.0 Å². The number of carbonyl (C=O) groups is 2. The molecule has 9 nitrogen and oxygen atoms in total. The first kappa shape index (κ1) is 28.1. The van der Waals surface area contributed by atoms with E-state index in [9.17, 15) is 40.0 Å². The molecule has 0 aromatic carbocycles. The molecule has 0 radical (unpaired) electrons. The summed E-state index contributed by atoms with van der Waals surface area (Å²) in [7, 11) is -3.22. The lowest BCUT2D eigenvalue weighted by Crippen LogP contribution is -2.52. The Labute approximate surface area is 218 Å². The van der Waals surface area contributed by atoms with E-state index in [4.69, 9.17) is 0 Å². The molecule has 2 aliphatic rings. The number of halogens is 5. The molecule has 4 rings (SSSR count). The minimum Gasteiger partial charge on any atom is -0.359 e. The lowest BCUT2D eigenvalue weighted by molar-refractivity contribution is -0.138. The number of aryl methyl sites for hydroxylation is 1. The summed E-state index contributed by atoms with van der Waals surface area (Å²) in [5.41, 5.74) is 0.395. The fourth-order valence-corrected chi connectivity index (χ4v) is 6.57. The third-order valence-corrected chi connectivity index (χ3v) is 9.18. The number of hydrogen-bond donors (Lipinski definition) is 2. The minimum absolute atomic E-state index is 0.0783. The fourth-order valence-electron chi connectivity index (χ4n) is 4.24. The quantitative estimate of drug-likeness (QED) is 0.503. The molecule has 208 valence electrons. The first-order valence-electron chi connectivity index (χ1n) is 11.5. The van der Waals surface area contributed by atoms with Crippen LogP contribution in [0.15, 0.2) is 12.3 Å². The van der Waals surface area contributed by atoms with Crippen LogP contribution in [0.25, 0.3) is 10.4 Å². The molecule has 38 heavy (non-hydrogen) atoms. The molecule has 2 aromatic rings. The van der Waals surface area contributed by atoms with Crippen molar-refractivity contribution in [1.82, 2.24) is 20.2 Å². The van der Waals surface area contributed by atoms with Gasteiger partial charge < -0.3 is 15.5 Å². The van der Waals surface area contributed by atoms with Gasteiger partial charge in [-0.3, -0.25) is 9.59 Å². The van der Waals surface area contributed by atoms with E-state index in [0.29, 0.717) is 5.56 Å². The van der Waals surface area contributed by atoms with Crippen LogP contribution in [-0.2, 0) is 9.84 Å². The number of amides is 2. The lowest BCUT2D eigenvalue weighted by Gasteiger charge is -2.25. The molecule has 16 heteroatoms. The molecule has 2 aliphatic heterocycles. The molecule has 0 saturated carbocycles. The molecule has 2 aromatic heterocycles. The predicted octanol–water partition coefficient (Wildman–Crippen LogP) is 3.27. The van der Waals surface area contributed by atoms with E-state index in [1.165, 1.54) is 19.2 Å². The Morgan fingerprint density at radius 2 is 1.92 bits per heavy atom. The van der Waals surface area contributed by atoms with Gasteiger partial charge in [-0.1, -0.05) is 0 Å². The zero-order valence-corrected chi connectivity index (χ0v) is 22.0. The van der Waals surface area contributed by atoms with E-state index in [1.807, 2.05) is 0 Å². The molecule has 2 fully saturated rings. The summed E-state index contributed by atoms with van der Waals surface area (Å²) in [5.74, 6) is -5.23. The number of likely N-dealkylation sites (tertiary alicyclic amines) is 1. The summed E-state index contributed by atoms with van der Waals surface area (Å²) >= 11 is 0.776. The molecule has 0 unspecified atom stereocenters. The molecule has 2 atom stereocenters. The van der Waals surface area contributed by atoms with Crippen molar-refractivity contribution in [3.63, 3.8) is 0 Å². The number of aromatic nitrogens is 2. The second-order valence-corrected chi connectivity index (χ2v) is 12.7. The second kappa shape index (κ2) is 9.70. The largest absolute Gasteiger partial charge is 0.408 e. The van der Waals surface area contributed by atoms with E-state index in [-0.39, 0.29) is 38.5 Å². The van der Waals surface area contributed by atoms with Gasteiger partial charge in [0.15, 0.2) is 14.8 Å². The van der Waals surface area contributed by atoms with Crippen molar-refractivity contribution in [3.05, 3.63) is 28.5 Å². The number of hydrogen-bond acceptors (Lipinski definition) is 8. The number of carbonyl (C=O) groups excluding carboxylic acids is 2. The Hall–Kier alpha value is -2.88. The molecule has 0 spiro atoms. The van der Waals surface area contributed by atoms with Gasteiger partial charge in [-0.25, -0.2) is 27.2 Å². The summed E-state index contributed by atoms with van der Waals surface area (Å²) in [6.07, 6.45) is -3.84. The van der Waals surface area contributed by atoms with Crippen molar-refractivity contribution in [2.75, 3.05) is 23.4 Å². The highest BCUT2D eigenvalue weighted by molar-refractivity contribution is 7.92. The van der Waals surface area contributed by atoms with Crippen molar-refractivity contribution in [3.8, 4) is 10.4 Å². The standard InChI is InChI=1S/C22H24F5N5O4S2/c1-10-4-15(29-12(3)22(25,26)27)28-6-14(10)17-16(20(34)32-9-21(23,24)5-11(32)2)31-19(37-17)18(33)30-13-7-38(35,36)8-13/h4,6,11-13H,5,7-9H2,1-3H3,(H,28,29)(H,30,33)/t11-,12-/m0/s1. The van der Waals surface area contributed by atoms with Crippen LogP contribution in [0.4, 0.5) is 27.8 Å². The normalized spacial score (nSPS) is 21.6. The van der Waals surface area contributed by atoms with Crippen LogP contribution in [0, 0.1) is 6.92 Å². The Kier molecular flexibility index (Phi) is 7.18. The monoisotopic (exact) mass is 581 g/mol. The van der Waals surface area contributed by atoms with Crippen molar-refractivity contribution in [2.24, 2.45) is 0 Å². The predicted molar refractivity (Wildman–Crippen MR) is 129 cm³/mol. The van der Waals surface area contributed by atoms with Gasteiger partial charge in [0.25, 0.3) is 17.7 Å². The fraction of sp³-hybridized carbons (Fsp3) is 0.545. The van der Waals surface area contributed by atoms with Crippen molar-refractivity contribution >= 4 is 38.8 Å². The molecule has 4 heterocycles. The van der Waals surface area contributed by atoms with Gasteiger partial charge in [-0.15, -0.1) is 11.3 Å². The van der Waals surface area contributed by atoms with Crippen LogP contribution in [0.3, 0.4) is 0 Å². The third kappa shape index (κ3) is 5.90. The topological polar surface area (TPSA) is 121 Å². The van der Waals surface area contributed by atoms with Crippen LogP contribution in [0.2, 0.25) is 0 Å². The number of sulfone groups is 1. The second-order valence-electron chi connectivity index (χ2n) is 9.58. The van der Waals surface area contributed by atoms with Crippen LogP contribution in [-0.4, -0.2) is 83.4 Å². The number of nitrogens with zero attached hydrogens (tertiary/aromatic N) is 3. The molecule has 0 bridgehead atoms. The molecule has 2 saturated heterocycles. The van der Waals surface area contributed by atoms with Gasteiger partial charge in [0, 0.05) is 24.2 Å². The van der Waals surface area contributed by atoms with Gasteiger partial charge in [-0.2, -0.15) is 13.2 Å². The van der Waals surface area contributed by atoms with E-state index in [0.717, 1.165) is 23.2 Å². The lowest BCUT2D eigenvalue weighted by atomic mass is 10.1. The minimum atomic E-state index is -4.51. The van der Waals surface area contributed by atoms with E-state index >= 15 is 0 Å². The van der Waals surface area contributed by atoms with Crippen molar-refractivity contribution in [1.29, 1.82) is 0 Å². The summed E-state index contributed by atoms with van der Waals surface area (Å²) in [4.78, 5) is 35.4. The number of thiazole rings is 1. The number of nitrogens with one attached hydrogen (secondary N) is 2. The average Bonchev–Trinajstić information content (AvgIpc) is 3.31. The molecular formula is C22H24F5N5O4S2. The summed E-state index contributed by atoms with van der Waals surface area (Å²) in [6, 6.07) is -1.98.